The van der Waals surface area contributed by atoms with Gasteiger partial charge < -0.3 is 4.57 Å². The van der Waals surface area contributed by atoms with Crippen LogP contribution in [0.5, 0.6) is 0 Å². The average molecular weight is 401 g/mol. The van der Waals surface area contributed by atoms with Gasteiger partial charge in [-0.15, -0.1) is 0 Å². The van der Waals surface area contributed by atoms with Crippen LogP contribution in [0.3, 0.4) is 0 Å². The standard InChI is InChI=1S/C20H17ClN2O3S/c21-17-12-14(27(22,25)26)6-7-15(17)16-10-11-23-18(16)8-9-19(23)20(24)13-4-2-1-3-5-13/h1-9,12,16H,10-11H2,(H2,22,25,26). The van der Waals surface area contributed by atoms with Crippen molar-refractivity contribution in [1.29, 1.82) is 0 Å². The monoisotopic (exact) mass is 400 g/mol. The van der Waals surface area contributed by atoms with Crippen LogP contribution in [0.15, 0.2) is 65.6 Å². The Bertz CT molecular complexity index is 1140. The second-order valence-corrected chi connectivity index (χ2v) is 8.53. The topological polar surface area (TPSA) is 82.2 Å². The van der Waals surface area contributed by atoms with E-state index in [1.54, 1.807) is 18.2 Å². The molecule has 1 aliphatic heterocycles. The summed E-state index contributed by atoms with van der Waals surface area (Å²) in [4.78, 5) is 12.8. The van der Waals surface area contributed by atoms with E-state index >= 15 is 0 Å². The average Bonchev–Trinajstić information content (AvgIpc) is 3.23. The molecule has 2 heterocycles. The molecule has 7 heteroatoms. The number of primary sulfonamides is 1. The van der Waals surface area contributed by atoms with E-state index in [1.165, 1.54) is 12.1 Å². The van der Waals surface area contributed by atoms with Crippen molar-refractivity contribution in [3.8, 4) is 0 Å². The van der Waals surface area contributed by atoms with Crippen molar-refractivity contribution in [2.24, 2.45) is 5.14 Å². The first-order valence-corrected chi connectivity index (χ1v) is 10.4. The molecule has 0 amide bonds. The molecule has 138 valence electrons. The van der Waals surface area contributed by atoms with Gasteiger partial charge in [-0.05, 0) is 36.2 Å². The highest BCUT2D eigenvalue weighted by Gasteiger charge is 2.29. The first-order valence-electron chi connectivity index (χ1n) is 8.47. The summed E-state index contributed by atoms with van der Waals surface area (Å²) < 4.78 is 25.0. The molecule has 1 atom stereocenters. The molecule has 27 heavy (non-hydrogen) atoms. The van der Waals surface area contributed by atoms with Crippen molar-refractivity contribution in [3.63, 3.8) is 0 Å². The van der Waals surface area contributed by atoms with Gasteiger partial charge in [0, 0.05) is 28.7 Å². The number of hydrogen-bond acceptors (Lipinski definition) is 3. The molecule has 3 aromatic rings. The number of rotatable bonds is 4. The lowest BCUT2D eigenvalue weighted by Crippen LogP contribution is -2.12. The number of hydrogen-bond donors (Lipinski definition) is 1. The van der Waals surface area contributed by atoms with Gasteiger partial charge in [-0.25, -0.2) is 13.6 Å². The Balaban J connectivity index is 1.70. The summed E-state index contributed by atoms with van der Waals surface area (Å²) in [5.41, 5.74) is 3.13. The molecule has 2 aromatic carbocycles. The van der Waals surface area contributed by atoms with Crippen LogP contribution in [0.2, 0.25) is 5.02 Å². The van der Waals surface area contributed by atoms with Gasteiger partial charge in [-0.3, -0.25) is 4.79 Å². The van der Waals surface area contributed by atoms with Crippen molar-refractivity contribution in [3.05, 3.63) is 88.2 Å². The quantitative estimate of drug-likeness (QED) is 0.680. The first kappa shape index (κ1) is 18.0. The Morgan fingerprint density at radius 1 is 1.07 bits per heavy atom. The summed E-state index contributed by atoms with van der Waals surface area (Å²) in [6.07, 6.45) is 0.791. The van der Waals surface area contributed by atoms with Crippen LogP contribution < -0.4 is 5.14 Å². The predicted octanol–water partition coefficient (Wildman–Crippen LogP) is 3.56. The Morgan fingerprint density at radius 3 is 2.48 bits per heavy atom. The number of carbonyl (C=O) groups excluding carboxylic acids is 1. The fourth-order valence-corrected chi connectivity index (χ4v) is 4.58. The number of sulfonamides is 1. The van der Waals surface area contributed by atoms with Gasteiger partial charge in [0.05, 0.1) is 10.6 Å². The third kappa shape index (κ3) is 3.20. The van der Waals surface area contributed by atoms with Crippen molar-refractivity contribution >= 4 is 27.4 Å². The number of aromatic nitrogens is 1. The summed E-state index contributed by atoms with van der Waals surface area (Å²) in [5, 5.41) is 5.53. The number of nitrogens with two attached hydrogens (primary N) is 1. The number of benzene rings is 2. The zero-order chi connectivity index (χ0) is 19.2. The van der Waals surface area contributed by atoms with Crippen LogP contribution in [0.1, 0.15) is 39.6 Å². The SMILES string of the molecule is NS(=O)(=O)c1ccc(C2CCn3c(C(=O)c4ccccc4)ccc32)c(Cl)c1. The minimum Gasteiger partial charge on any atom is -0.341 e. The highest BCUT2D eigenvalue weighted by atomic mass is 35.5. The maximum Gasteiger partial charge on any atom is 0.238 e. The highest BCUT2D eigenvalue weighted by molar-refractivity contribution is 7.89. The molecule has 0 fully saturated rings. The summed E-state index contributed by atoms with van der Waals surface area (Å²) in [6.45, 7) is 0.703. The third-order valence-electron chi connectivity index (χ3n) is 4.96. The number of ketones is 1. The Morgan fingerprint density at radius 2 is 1.81 bits per heavy atom. The van der Waals surface area contributed by atoms with Crippen LogP contribution >= 0.6 is 11.6 Å². The van der Waals surface area contributed by atoms with Crippen molar-refractivity contribution in [1.82, 2.24) is 4.57 Å². The minimum atomic E-state index is -3.80. The smallest absolute Gasteiger partial charge is 0.238 e. The Labute approximate surface area is 162 Å². The predicted molar refractivity (Wildman–Crippen MR) is 104 cm³/mol. The largest absolute Gasteiger partial charge is 0.341 e. The molecular formula is C20H17ClN2O3S. The van der Waals surface area contributed by atoms with Gasteiger partial charge in [0.25, 0.3) is 0 Å². The van der Waals surface area contributed by atoms with Gasteiger partial charge >= 0.3 is 0 Å². The molecular weight excluding hydrogens is 384 g/mol. The highest BCUT2D eigenvalue weighted by Crippen LogP contribution is 2.39. The molecule has 0 aliphatic carbocycles. The summed E-state index contributed by atoms with van der Waals surface area (Å²) in [7, 11) is -3.80. The maximum atomic E-state index is 12.8. The van der Waals surface area contributed by atoms with E-state index in [0.29, 0.717) is 22.8 Å². The van der Waals surface area contributed by atoms with Crippen LogP contribution in [0, 0.1) is 0 Å². The van der Waals surface area contributed by atoms with Gasteiger partial charge in [0.2, 0.25) is 15.8 Å². The van der Waals surface area contributed by atoms with Gasteiger partial charge in [0.1, 0.15) is 0 Å². The van der Waals surface area contributed by atoms with Crippen molar-refractivity contribution < 1.29 is 13.2 Å². The fraction of sp³-hybridized carbons (Fsp3) is 0.150. The molecule has 0 radical (unpaired) electrons. The van der Waals surface area contributed by atoms with Crippen molar-refractivity contribution in [2.75, 3.05) is 0 Å². The number of fused-ring (bicyclic) bond motifs is 1. The van der Waals surface area contributed by atoms with E-state index in [0.717, 1.165) is 17.7 Å². The molecule has 0 spiro atoms. The molecule has 0 bridgehead atoms. The zero-order valence-corrected chi connectivity index (χ0v) is 15.9. The van der Waals surface area contributed by atoms with E-state index in [1.807, 2.05) is 34.9 Å². The zero-order valence-electron chi connectivity index (χ0n) is 14.3. The van der Waals surface area contributed by atoms with Gasteiger partial charge in [-0.1, -0.05) is 48.0 Å². The second-order valence-electron chi connectivity index (χ2n) is 6.56. The molecule has 0 saturated carbocycles. The second kappa shape index (κ2) is 6.64. The van der Waals surface area contributed by atoms with E-state index in [9.17, 15) is 13.2 Å². The lowest BCUT2D eigenvalue weighted by molar-refractivity contribution is 0.103. The van der Waals surface area contributed by atoms with Gasteiger partial charge in [0.15, 0.2) is 0 Å². The van der Waals surface area contributed by atoms with Crippen LogP contribution in [0.25, 0.3) is 0 Å². The molecule has 2 N–H and O–H groups in total. The summed E-state index contributed by atoms with van der Waals surface area (Å²) in [6, 6.07) is 17.5. The Kier molecular flexibility index (Phi) is 4.42. The molecule has 1 aromatic heterocycles. The molecule has 5 nitrogen and oxygen atoms in total. The third-order valence-corrected chi connectivity index (χ3v) is 6.20. The normalized spacial score (nSPS) is 16.3. The maximum absolute atomic E-state index is 12.8. The minimum absolute atomic E-state index is 0.00403. The number of carbonyl (C=O) groups is 1. The summed E-state index contributed by atoms with van der Waals surface area (Å²) >= 11 is 6.35. The fourth-order valence-electron chi connectivity index (χ4n) is 3.66. The van der Waals surface area contributed by atoms with Crippen LogP contribution in [-0.2, 0) is 16.6 Å². The molecule has 4 rings (SSSR count). The number of nitrogens with zero attached hydrogens (tertiary/aromatic N) is 1. The van der Waals surface area contributed by atoms with E-state index in [4.69, 9.17) is 16.7 Å². The van der Waals surface area contributed by atoms with Gasteiger partial charge in [-0.2, -0.15) is 0 Å². The molecule has 1 aliphatic rings. The Hall–Kier alpha value is -2.41. The first-order chi connectivity index (χ1) is 12.9. The molecule has 1 unspecified atom stereocenters. The van der Waals surface area contributed by atoms with Crippen LogP contribution in [0.4, 0.5) is 0 Å². The van der Waals surface area contributed by atoms with E-state index in [-0.39, 0.29) is 16.6 Å². The van der Waals surface area contributed by atoms with E-state index in [2.05, 4.69) is 0 Å². The number of halogens is 1. The van der Waals surface area contributed by atoms with E-state index < -0.39 is 10.0 Å². The van der Waals surface area contributed by atoms with Crippen LogP contribution in [-0.4, -0.2) is 18.8 Å². The van der Waals surface area contributed by atoms with Crippen molar-refractivity contribution in [2.45, 2.75) is 23.8 Å². The lowest BCUT2D eigenvalue weighted by atomic mass is 9.95. The summed E-state index contributed by atoms with van der Waals surface area (Å²) in [5.74, 6) is -0.0116. The lowest BCUT2D eigenvalue weighted by Gasteiger charge is -2.13. The molecule has 0 saturated heterocycles.